The van der Waals surface area contributed by atoms with Gasteiger partial charge in [0.1, 0.15) is 0 Å². The van der Waals surface area contributed by atoms with E-state index in [1.54, 1.807) is 12.2 Å². The molecule has 4 nitrogen and oxygen atoms in total. The molecule has 0 unspecified atom stereocenters. The summed E-state index contributed by atoms with van der Waals surface area (Å²) in [7, 11) is 0. The van der Waals surface area contributed by atoms with Crippen LogP contribution < -0.4 is 0 Å². The molecule has 0 bridgehead atoms. The first-order valence-corrected chi connectivity index (χ1v) is 12.1. The second-order valence-corrected chi connectivity index (χ2v) is 8.58. The first-order valence-electron chi connectivity index (χ1n) is 12.1. The summed E-state index contributed by atoms with van der Waals surface area (Å²) >= 11 is 0. The maximum atomic E-state index is 4.79. The van der Waals surface area contributed by atoms with E-state index in [0.717, 1.165) is 44.6 Å². The third kappa shape index (κ3) is 5.34. The highest BCUT2D eigenvalue weighted by molar-refractivity contribution is 5.75. The predicted octanol–water partition coefficient (Wildman–Crippen LogP) is 8.00. The summed E-state index contributed by atoms with van der Waals surface area (Å²) in [6.45, 7) is 9.71. The zero-order valence-electron chi connectivity index (χ0n) is 20.7. The van der Waals surface area contributed by atoms with Crippen LogP contribution in [0.4, 0.5) is 0 Å². The smallest absolute Gasteiger partial charge is 0.164 e. The van der Waals surface area contributed by atoms with Crippen molar-refractivity contribution in [2.75, 3.05) is 0 Å². The zero-order valence-corrected chi connectivity index (χ0v) is 20.7. The van der Waals surface area contributed by atoms with Gasteiger partial charge in [-0.2, -0.15) is 0 Å². The van der Waals surface area contributed by atoms with E-state index in [9.17, 15) is 0 Å². The molecule has 0 aliphatic carbocycles. The molecule has 0 atom stereocenters. The van der Waals surface area contributed by atoms with Crippen molar-refractivity contribution < 1.29 is 0 Å². The number of rotatable bonds is 7. The van der Waals surface area contributed by atoms with Crippen molar-refractivity contribution in [1.29, 1.82) is 0 Å². The Labute approximate surface area is 217 Å². The van der Waals surface area contributed by atoms with Gasteiger partial charge in [-0.25, -0.2) is 15.0 Å². The summed E-state index contributed by atoms with van der Waals surface area (Å²) in [5.41, 5.74) is 8.15. The standard InChI is InChI=1S/C33H26N4/c1-4-9-24(5-2)31-35-32(28-10-7-6-8-11-28)37-33(36-31)29-20-18-26(19-21-29)25-14-16-27(17-15-25)30-13-12-23(3)34-22-30/h4-22H,1-2H2,3H3/b24-9+. The summed E-state index contributed by atoms with van der Waals surface area (Å²) in [5, 5.41) is 0. The Hall–Kier alpha value is -4.96. The Morgan fingerprint density at radius 3 is 1.62 bits per heavy atom. The van der Waals surface area contributed by atoms with E-state index >= 15 is 0 Å². The van der Waals surface area contributed by atoms with Gasteiger partial charge in [0, 0.05) is 34.2 Å². The van der Waals surface area contributed by atoms with Crippen LogP contribution in [0, 0.1) is 6.92 Å². The second-order valence-electron chi connectivity index (χ2n) is 8.58. The van der Waals surface area contributed by atoms with Crippen molar-refractivity contribution in [1.82, 2.24) is 19.9 Å². The molecule has 0 saturated heterocycles. The number of nitrogens with zero attached hydrogens (tertiary/aromatic N) is 4. The van der Waals surface area contributed by atoms with Gasteiger partial charge in [0.15, 0.2) is 17.5 Å². The summed E-state index contributed by atoms with van der Waals surface area (Å²) < 4.78 is 0. The first-order chi connectivity index (χ1) is 18.1. The highest BCUT2D eigenvalue weighted by atomic mass is 15.0. The summed E-state index contributed by atoms with van der Waals surface area (Å²) in [6.07, 6.45) is 7.20. The lowest BCUT2D eigenvalue weighted by molar-refractivity contribution is 1.04. The molecule has 0 saturated carbocycles. The molecule has 5 aromatic rings. The maximum absolute atomic E-state index is 4.79. The molecule has 37 heavy (non-hydrogen) atoms. The molecule has 2 aromatic heterocycles. The lowest BCUT2D eigenvalue weighted by Gasteiger charge is -2.09. The van der Waals surface area contributed by atoms with Crippen molar-refractivity contribution in [3.8, 4) is 45.0 Å². The van der Waals surface area contributed by atoms with Crippen LogP contribution in [0.2, 0.25) is 0 Å². The monoisotopic (exact) mass is 478 g/mol. The minimum absolute atomic E-state index is 0.559. The molecule has 0 amide bonds. The number of allylic oxidation sites excluding steroid dienone is 4. The van der Waals surface area contributed by atoms with Gasteiger partial charge in [0.25, 0.3) is 0 Å². The average molecular weight is 479 g/mol. The largest absolute Gasteiger partial charge is 0.261 e. The molecule has 0 N–H and O–H groups in total. The van der Waals surface area contributed by atoms with E-state index in [1.165, 1.54) is 0 Å². The van der Waals surface area contributed by atoms with E-state index in [1.807, 2.05) is 67.7 Å². The Bertz CT molecular complexity index is 1570. The molecule has 0 spiro atoms. The molecule has 0 aliphatic rings. The molecule has 178 valence electrons. The average Bonchev–Trinajstić information content (AvgIpc) is 2.97. The summed E-state index contributed by atoms with van der Waals surface area (Å²) in [5.74, 6) is 1.78. The fraction of sp³-hybridized carbons (Fsp3) is 0.0303. The topological polar surface area (TPSA) is 51.6 Å². The van der Waals surface area contributed by atoms with Crippen LogP contribution in [0.25, 0.3) is 50.6 Å². The van der Waals surface area contributed by atoms with Gasteiger partial charge >= 0.3 is 0 Å². The SMILES string of the molecule is C=C/C=C(\C=C)c1nc(-c2ccccc2)nc(-c2ccc(-c3ccc(-c4ccc(C)nc4)cc3)cc2)n1. The zero-order chi connectivity index (χ0) is 25.6. The van der Waals surface area contributed by atoms with Crippen LogP contribution in [-0.4, -0.2) is 19.9 Å². The van der Waals surface area contributed by atoms with Gasteiger partial charge < -0.3 is 0 Å². The van der Waals surface area contributed by atoms with Crippen molar-refractivity contribution in [2.45, 2.75) is 6.92 Å². The third-order valence-corrected chi connectivity index (χ3v) is 6.05. The summed E-state index contributed by atoms with van der Waals surface area (Å²) in [6, 6.07) is 30.8. The Balaban J connectivity index is 1.48. The fourth-order valence-corrected chi connectivity index (χ4v) is 4.02. The molecule has 0 aliphatic heterocycles. The Kier molecular flexibility index (Phi) is 6.91. The fourth-order valence-electron chi connectivity index (χ4n) is 4.02. The van der Waals surface area contributed by atoms with Crippen molar-refractivity contribution in [2.24, 2.45) is 0 Å². The molecule has 2 heterocycles. The highest BCUT2D eigenvalue weighted by Gasteiger charge is 2.12. The highest BCUT2D eigenvalue weighted by Crippen LogP contribution is 2.28. The summed E-state index contributed by atoms with van der Waals surface area (Å²) in [4.78, 5) is 18.7. The van der Waals surface area contributed by atoms with Gasteiger partial charge in [0.05, 0.1) is 0 Å². The number of aryl methyl sites for hydroxylation is 1. The van der Waals surface area contributed by atoms with E-state index < -0.39 is 0 Å². The van der Waals surface area contributed by atoms with Gasteiger partial charge in [-0.05, 0) is 29.7 Å². The molecule has 0 radical (unpaired) electrons. The minimum atomic E-state index is 0.559. The van der Waals surface area contributed by atoms with Crippen LogP contribution >= 0.6 is 0 Å². The van der Waals surface area contributed by atoms with Gasteiger partial charge in [-0.15, -0.1) is 0 Å². The first kappa shape index (κ1) is 23.8. The van der Waals surface area contributed by atoms with Crippen LogP contribution in [-0.2, 0) is 0 Å². The van der Waals surface area contributed by atoms with Gasteiger partial charge in [-0.1, -0.05) is 116 Å². The van der Waals surface area contributed by atoms with Crippen LogP contribution in [0.5, 0.6) is 0 Å². The third-order valence-electron chi connectivity index (χ3n) is 6.05. The number of hydrogen-bond donors (Lipinski definition) is 0. The predicted molar refractivity (Wildman–Crippen MR) is 152 cm³/mol. The van der Waals surface area contributed by atoms with Crippen molar-refractivity contribution in [3.63, 3.8) is 0 Å². The van der Waals surface area contributed by atoms with E-state index in [2.05, 4.69) is 60.6 Å². The van der Waals surface area contributed by atoms with E-state index in [0.29, 0.717) is 17.5 Å². The van der Waals surface area contributed by atoms with Gasteiger partial charge in [0.2, 0.25) is 0 Å². The normalized spacial score (nSPS) is 11.2. The molecular formula is C33H26N4. The minimum Gasteiger partial charge on any atom is -0.261 e. The molecule has 4 heteroatoms. The van der Waals surface area contributed by atoms with Gasteiger partial charge in [-0.3, -0.25) is 4.98 Å². The van der Waals surface area contributed by atoms with E-state index in [-0.39, 0.29) is 0 Å². The quantitative estimate of drug-likeness (QED) is 0.222. The molecular weight excluding hydrogens is 452 g/mol. The van der Waals surface area contributed by atoms with Crippen molar-refractivity contribution >= 4 is 5.57 Å². The number of aromatic nitrogens is 4. The second kappa shape index (κ2) is 10.8. The number of benzene rings is 3. The molecule has 3 aromatic carbocycles. The van der Waals surface area contributed by atoms with Crippen molar-refractivity contribution in [3.05, 3.63) is 140 Å². The maximum Gasteiger partial charge on any atom is 0.164 e. The van der Waals surface area contributed by atoms with Crippen LogP contribution in [0.3, 0.4) is 0 Å². The van der Waals surface area contributed by atoms with Crippen LogP contribution in [0.15, 0.2) is 129 Å². The molecule has 0 fully saturated rings. The Morgan fingerprint density at radius 1 is 0.595 bits per heavy atom. The van der Waals surface area contributed by atoms with Crippen LogP contribution in [0.1, 0.15) is 11.5 Å². The van der Waals surface area contributed by atoms with E-state index in [4.69, 9.17) is 15.0 Å². The number of hydrogen-bond acceptors (Lipinski definition) is 4. The number of pyridine rings is 1. The molecule has 5 rings (SSSR count). The Morgan fingerprint density at radius 2 is 1.11 bits per heavy atom. The lowest BCUT2D eigenvalue weighted by Crippen LogP contribution is -2.02. The lowest BCUT2D eigenvalue weighted by atomic mass is 10.00.